The highest BCUT2D eigenvalue weighted by Gasteiger charge is 2.18. The molecule has 5 heteroatoms. The van der Waals surface area contributed by atoms with Crippen molar-refractivity contribution < 1.29 is 20.1 Å². The molecule has 1 atom stereocenters. The molecule has 0 spiro atoms. The van der Waals surface area contributed by atoms with Gasteiger partial charge in [0.2, 0.25) is 0 Å². The third kappa shape index (κ3) is 2.81. The molecule has 1 aromatic heterocycles. The zero-order valence-corrected chi connectivity index (χ0v) is 14.7. The Morgan fingerprint density at radius 1 is 1.23 bits per heavy atom. The average molecular weight is 430 g/mol. The number of aromatic hydroxyl groups is 1. The third-order valence-corrected chi connectivity index (χ3v) is 4.51. The number of phenols is 1. The van der Waals surface area contributed by atoms with Gasteiger partial charge in [0.05, 0.1) is 14.4 Å². The first-order valence-electron chi connectivity index (χ1n) is 8.50. The lowest BCUT2D eigenvalue weighted by atomic mass is 10.00. The van der Waals surface area contributed by atoms with Gasteiger partial charge in [0, 0.05) is 17.4 Å². The number of hydrogen-bond donors (Lipinski definition) is 2. The Labute approximate surface area is 150 Å². The van der Waals surface area contributed by atoms with Crippen LogP contribution in [0.25, 0.3) is 11.0 Å². The van der Waals surface area contributed by atoms with Crippen LogP contribution in [0.15, 0.2) is 49.7 Å². The average Bonchev–Trinajstić information content (AvgIpc) is 2.95. The van der Waals surface area contributed by atoms with Gasteiger partial charge in [-0.2, -0.15) is 0 Å². The van der Waals surface area contributed by atoms with Gasteiger partial charge in [-0.15, -0.1) is 0 Å². The normalized spacial score (nSPS) is 15.3. The Morgan fingerprint density at radius 3 is 2.50 bits per heavy atom. The van der Waals surface area contributed by atoms with Crippen LogP contribution in [0.1, 0.15) is 35.4 Å². The highest BCUT2D eigenvalue weighted by atomic mass is 79.9. The van der Waals surface area contributed by atoms with Crippen molar-refractivity contribution >= 4 is 42.8 Å². The molecule has 0 aliphatic rings. The van der Waals surface area contributed by atoms with Gasteiger partial charge >= 0.3 is 0 Å². The molecule has 0 saturated carbocycles. The lowest BCUT2D eigenvalue weighted by Gasteiger charge is -2.08. The first-order chi connectivity index (χ1) is 12.1. The van der Waals surface area contributed by atoms with Crippen LogP contribution in [0.2, 0.25) is 0 Å². The maximum absolute atomic E-state index is 10.1. The summed E-state index contributed by atoms with van der Waals surface area (Å²) in [6.07, 6.45) is -0.726. The van der Waals surface area contributed by atoms with Crippen LogP contribution in [0.5, 0.6) is 5.75 Å². The van der Waals surface area contributed by atoms with E-state index in [1.165, 1.54) is 6.92 Å². The molecule has 2 N–H and O–H groups in total. The first-order valence-corrected chi connectivity index (χ1v) is 8.08. The predicted molar refractivity (Wildman–Crippen MR) is 93.2 cm³/mol. The fourth-order valence-corrected chi connectivity index (χ4v) is 3.60. The zero-order chi connectivity index (χ0) is 19.3. The molecule has 22 heavy (non-hydrogen) atoms. The Bertz CT molecular complexity index is 1010. The molecule has 0 aliphatic carbocycles. The first kappa shape index (κ1) is 11.3. The van der Waals surface area contributed by atoms with Crippen LogP contribution < -0.4 is 0 Å². The lowest BCUT2D eigenvalue weighted by Crippen LogP contribution is -1.96. The topological polar surface area (TPSA) is 53.6 Å². The van der Waals surface area contributed by atoms with E-state index in [0.717, 1.165) is 5.56 Å². The molecule has 114 valence electrons. The van der Waals surface area contributed by atoms with Crippen molar-refractivity contribution in [1.29, 1.82) is 0 Å². The van der Waals surface area contributed by atoms with Crippen molar-refractivity contribution in [2.45, 2.75) is 19.4 Å². The maximum atomic E-state index is 10.1. The van der Waals surface area contributed by atoms with Gasteiger partial charge in [0.25, 0.3) is 0 Å². The Kier molecular flexibility index (Phi) is 3.11. The largest absolute Gasteiger partial charge is 0.506 e. The molecule has 0 bridgehead atoms. The van der Waals surface area contributed by atoms with Gasteiger partial charge < -0.3 is 14.6 Å². The highest BCUT2D eigenvalue weighted by Crippen LogP contribution is 2.36. The molecule has 0 radical (unpaired) electrons. The van der Waals surface area contributed by atoms with Crippen molar-refractivity contribution in [3.63, 3.8) is 0 Å². The van der Waals surface area contributed by atoms with Crippen molar-refractivity contribution in [3.8, 4) is 5.75 Å². The standard InChI is InChI=1S/C17H14Br2O3/c1-9(20)17-12(11-4-2-3-5-15(11)22-17)6-10-7-13(18)16(21)14(19)8-10/h2-5,7-9,20-21H,6H2,1H3/i2D,3D,4D,5D. The van der Waals surface area contributed by atoms with Crippen molar-refractivity contribution in [1.82, 2.24) is 0 Å². The van der Waals surface area contributed by atoms with Crippen LogP contribution in [-0.4, -0.2) is 10.2 Å². The molecular formula is C17H14Br2O3. The van der Waals surface area contributed by atoms with E-state index in [1.807, 2.05) is 0 Å². The summed E-state index contributed by atoms with van der Waals surface area (Å²) in [7, 11) is 0. The van der Waals surface area contributed by atoms with E-state index in [2.05, 4.69) is 31.9 Å². The van der Waals surface area contributed by atoms with Crippen LogP contribution in [-0.2, 0) is 6.42 Å². The van der Waals surface area contributed by atoms with Crippen molar-refractivity contribution in [2.24, 2.45) is 0 Å². The number of halogens is 2. The number of furan rings is 1. The minimum absolute atomic E-state index is 0.0267. The van der Waals surface area contributed by atoms with Gasteiger partial charge in [-0.1, -0.05) is 18.1 Å². The molecule has 0 fully saturated rings. The van der Waals surface area contributed by atoms with Gasteiger partial charge in [0.15, 0.2) is 0 Å². The fraction of sp³-hybridized carbons (Fsp3) is 0.176. The van der Waals surface area contributed by atoms with E-state index in [1.54, 1.807) is 12.1 Å². The Balaban J connectivity index is 2.29. The summed E-state index contributed by atoms with van der Waals surface area (Å²) in [5.41, 5.74) is 1.28. The van der Waals surface area contributed by atoms with Crippen molar-refractivity contribution in [3.05, 3.63) is 62.1 Å². The molecule has 1 unspecified atom stereocenters. The van der Waals surface area contributed by atoms with Gasteiger partial charge in [-0.25, -0.2) is 0 Å². The maximum Gasteiger partial charge on any atom is 0.143 e. The minimum atomic E-state index is -0.983. The van der Waals surface area contributed by atoms with Gasteiger partial charge in [-0.05, 0) is 62.5 Å². The zero-order valence-electron chi connectivity index (χ0n) is 15.5. The lowest BCUT2D eigenvalue weighted by molar-refractivity contribution is 0.171. The number of benzene rings is 2. The van der Waals surface area contributed by atoms with E-state index >= 15 is 0 Å². The molecular weight excluding hydrogens is 412 g/mol. The summed E-state index contributed by atoms with van der Waals surface area (Å²) < 4.78 is 38.6. The van der Waals surface area contributed by atoms with Crippen LogP contribution >= 0.6 is 31.9 Å². The summed E-state index contributed by atoms with van der Waals surface area (Å²) >= 11 is 6.54. The molecule has 2 aromatic carbocycles. The van der Waals surface area contributed by atoms with E-state index in [0.29, 0.717) is 14.5 Å². The molecule has 0 aliphatic heterocycles. The Morgan fingerprint density at radius 2 is 1.86 bits per heavy atom. The molecule has 0 amide bonds. The number of aliphatic hydroxyl groups excluding tert-OH is 1. The summed E-state index contributed by atoms with van der Waals surface area (Å²) in [6, 6.07) is 2.20. The monoisotopic (exact) mass is 428 g/mol. The third-order valence-electron chi connectivity index (χ3n) is 3.30. The molecule has 1 heterocycles. The fourth-order valence-electron chi connectivity index (χ4n) is 2.32. The number of hydrogen-bond acceptors (Lipinski definition) is 3. The molecule has 0 saturated heterocycles. The van der Waals surface area contributed by atoms with Gasteiger partial charge in [0.1, 0.15) is 23.2 Å². The molecule has 3 aromatic rings. The van der Waals surface area contributed by atoms with E-state index in [4.69, 9.17) is 9.90 Å². The molecule has 3 rings (SSSR count). The van der Waals surface area contributed by atoms with E-state index < -0.39 is 6.10 Å². The number of aliphatic hydroxyl groups is 1. The molecule has 3 nitrogen and oxygen atoms in total. The minimum Gasteiger partial charge on any atom is -0.506 e. The Hall–Kier alpha value is -1.30. The summed E-state index contributed by atoms with van der Waals surface area (Å²) in [5.74, 6) is 0.260. The van der Waals surface area contributed by atoms with Crippen molar-refractivity contribution in [2.75, 3.05) is 0 Å². The van der Waals surface area contributed by atoms with E-state index in [9.17, 15) is 10.2 Å². The number of rotatable bonds is 3. The number of para-hydroxylation sites is 1. The number of fused-ring (bicyclic) bond motifs is 1. The second-order valence-corrected chi connectivity index (χ2v) is 6.62. The quantitative estimate of drug-likeness (QED) is 0.593. The van der Waals surface area contributed by atoms with Gasteiger partial charge in [-0.3, -0.25) is 0 Å². The summed E-state index contributed by atoms with van der Waals surface area (Å²) in [5, 5.41) is 20.2. The van der Waals surface area contributed by atoms with E-state index in [-0.39, 0.29) is 53.1 Å². The second-order valence-electron chi connectivity index (χ2n) is 4.91. The smallest absolute Gasteiger partial charge is 0.143 e. The summed E-state index contributed by atoms with van der Waals surface area (Å²) in [6.45, 7) is 1.51. The van der Waals surface area contributed by atoms with Crippen LogP contribution in [0, 0.1) is 0 Å². The van der Waals surface area contributed by atoms with Crippen LogP contribution in [0.4, 0.5) is 0 Å². The number of phenolic OH excluding ortho intramolecular Hbond substituents is 1. The second kappa shape index (κ2) is 6.07. The summed E-state index contributed by atoms with van der Waals surface area (Å²) in [4.78, 5) is 0. The predicted octanol–water partition coefficient (Wildman–Crippen LogP) is 5.31. The van der Waals surface area contributed by atoms with Crippen LogP contribution in [0.3, 0.4) is 0 Å². The SMILES string of the molecule is [2H]c1c([2H])c([2H])c2c(Cc3cc(Br)c(O)c(Br)c3)c(C(C)O)oc2c1[2H]. The highest BCUT2D eigenvalue weighted by molar-refractivity contribution is 9.11.